The fraction of sp³-hybridized carbons (Fsp3) is 0.364. The number of piperidine rings is 1. The van der Waals surface area contributed by atoms with Crippen LogP contribution < -0.4 is 4.74 Å². The lowest BCUT2D eigenvalue weighted by atomic mass is 10.00. The van der Waals surface area contributed by atoms with Gasteiger partial charge in [-0.05, 0) is 55.3 Å². The third kappa shape index (κ3) is 3.83. The lowest BCUT2D eigenvalue weighted by Gasteiger charge is -2.44. The van der Waals surface area contributed by atoms with E-state index in [0.717, 1.165) is 18.6 Å². The van der Waals surface area contributed by atoms with E-state index in [1.54, 1.807) is 29.8 Å². The van der Waals surface area contributed by atoms with Crippen molar-refractivity contribution in [2.75, 3.05) is 32.5 Å². The molecule has 2 heterocycles. The highest BCUT2D eigenvalue weighted by atomic mass is 32.2. The SMILES string of the molecule is COc1cccc(C(=O)N2CCSC23CCN(C(=O)c2ccc(F)cc2)CC3)c1. The number of rotatable bonds is 3. The minimum Gasteiger partial charge on any atom is -0.497 e. The number of carbonyl (C=O) groups excluding carboxylic acids is 2. The van der Waals surface area contributed by atoms with Crippen molar-refractivity contribution in [1.82, 2.24) is 9.80 Å². The van der Waals surface area contributed by atoms with Crippen LogP contribution in [0.4, 0.5) is 4.39 Å². The minimum atomic E-state index is -0.354. The molecule has 0 unspecified atom stereocenters. The van der Waals surface area contributed by atoms with Crippen molar-refractivity contribution in [3.63, 3.8) is 0 Å². The lowest BCUT2D eigenvalue weighted by Crippen LogP contribution is -2.53. The highest BCUT2D eigenvalue weighted by Crippen LogP contribution is 2.44. The molecule has 0 aromatic heterocycles. The number of ether oxygens (including phenoxy) is 1. The van der Waals surface area contributed by atoms with Crippen molar-refractivity contribution >= 4 is 23.6 Å². The third-order valence-electron chi connectivity index (χ3n) is 5.66. The van der Waals surface area contributed by atoms with E-state index in [-0.39, 0.29) is 22.5 Å². The number of halogens is 1. The van der Waals surface area contributed by atoms with Gasteiger partial charge < -0.3 is 14.5 Å². The molecule has 0 aliphatic carbocycles. The Labute approximate surface area is 173 Å². The van der Waals surface area contributed by atoms with E-state index in [9.17, 15) is 14.0 Å². The molecule has 0 atom stereocenters. The Morgan fingerprint density at radius 3 is 2.41 bits per heavy atom. The van der Waals surface area contributed by atoms with Gasteiger partial charge in [-0.1, -0.05) is 6.07 Å². The summed E-state index contributed by atoms with van der Waals surface area (Å²) in [4.78, 5) is 29.4. The number of amides is 2. The van der Waals surface area contributed by atoms with Crippen molar-refractivity contribution in [3.05, 3.63) is 65.5 Å². The average Bonchev–Trinajstić information content (AvgIpc) is 3.16. The van der Waals surface area contributed by atoms with Crippen LogP contribution in [-0.2, 0) is 0 Å². The zero-order chi connectivity index (χ0) is 20.4. The predicted octanol–water partition coefficient (Wildman–Crippen LogP) is 3.66. The Morgan fingerprint density at radius 2 is 1.72 bits per heavy atom. The summed E-state index contributed by atoms with van der Waals surface area (Å²) in [5.41, 5.74) is 1.11. The summed E-state index contributed by atoms with van der Waals surface area (Å²) in [5.74, 6) is 1.12. The molecule has 152 valence electrons. The summed E-state index contributed by atoms with van der Waals surface area (Å²) in [6.45, 7) is 1.85. The molecule has 0 N–H and O–H groups in total. The van der Waals surface area contributed by atoms with Crippen LogP contribution in [0.5, 0.6) is 5.75 Å². The van der Waals surface area contributed by atoms with Gasteiger partial charge in [0.25, 0.3) is 11.8 Å². The van der Waals surface area contributed by atoms with Gasteiger partial charge in [-0.2, -0.15) is 0 Å². The van der Waals surface area contributed by atoms with E-state index in [0.29, 0.717) is 36.5 Å². The standard InChI is InChI=1S/C22H23FN2O3S/c1-28-19-4-2-3-17(15-19)21(27)25-13-14-29-22(25)9-11-24(12-10-22)20(26)16-5-7-18(23)8-6-16/h2-8,15H,9-14H2,1H3. The molecule has 0 saturated carbocycles. The quantitative estimate of drug-likeness (QED) is 0.769. The topological polar surface area (TPSA) is 49.9 Å². The number of hydrogen-bond acceptors (Lipinski definition) is 4. The number of thioether (sulfide) groups is 1. The van der Waals surface area contributed by atoms with Gasteiger partial charge in [0.2, 0.25) is 0 Å². The van der Waals surface area contributed by atoms with E-state index >= 15 is 0 Å². The van der Waals surface area contributed by atoms with E-state index in [2.05, 4.69) is 0 Å². The highest BCUT2D eigenvalue weighted by Gasteiger charge is 2.47. The maximum Gasteiger partial charge on any atom is 0.255 e. The summed E-state index contributed by atoms with van der Waals surface area (Å²) in [6.07, 6.45) is 1.45. The first-order chi connectivity index (χ1) is 14.0. The molecule has 2 aliphatic rings. The molecule has 2 aromatic rings. The Morgan fingerprint density at radius 1 is 1.00 bits per heavy atom. The fourth-order valence-corrected chi connectivity index (χ4v) is 5.51. The van der Waals surface area contributed by atoms with Crippen molar-refractivity contribution in [3.8, 4) is 5.75 Å². The smallest absolute Gasteiger partial charge is 0.255 e. The third-order valence-corrected chi connectivity index (χ3v) is 7.22. The first kappa shape index (κ1) is 19.8. The van der Waals surface area contributed by atoms with Crippen LogP contribution >= 0.6 is 11.8 Å². The van der Waals surface area contributed by atoms with E-state index in [1.807, 2.05) is 23.1 Å². The summed E-state index contributed by atoms with van der Waals surface area (Å²) in [6, 6.07) is 12.9. The molecule has 1 spiro atoms. The van der Waals surface area contributed by atoms with E-state index < -0.39 is 0 Å². The van der Waals surface area contributed by atoms with Gasteiger partial charge in [0.15, 0.2) is 0 Å². The molecule has 0 bridgehead atoms. The van der Waals surface area contributed by atoms with Crippen LogP contribution in [-0.4, -0.2) is 59.0 Å². The molecule has 2 saturated heterocycles. The molecule has 4 rings (SSSR count). The van der Waals surface area contributed by atoms with Gasteiger partial charge in [0, 0.05) is 36.5 Å². The summed E-state index contributed by atoms with van der Waals surface area (Å²) in [7, 11) is 1.59. The summed E-state index contributed by atoms with van der Waals surface area (Å²) >= 11 is 1.80. The maximum absolute atomic E-state index is 13.2. The lowest BCUT2D eigenvalue weighted by molar-refractivity contribution is 0.0497. The van der Waals surface area contributed by atoms with Crippen molar-refractivity contribution in [1.29, 1.82) is 0 Å². The van der Waals surface area contributed by atoms with Crippen LogP contribution in [0, 0.1) is 5.82 Å². The largest absolute Gasteiger partial charge is 0.497 e. The Bertz CT molecular complexity index is 911. The molecule has 2 aromatic carbocycles. The number of methoxy groups -OCH3 is 1. The molecule has 2 fully saturated rings. The summed E-state index contributed by atoms with van der Waals surface area (Å²) < 4.78 is 18.4. The van der Waals surface area contributed by atoms with Gasteiger partial charge in [-0.15, -0.1) is 11.8 Å². The average molecular weight is 415 g/mol. The van der Waals surface area contributed by atoms with Crippen molar-refractivity contribution < 1.29 is 18.7 Å². The van der Waals surface area contributed by atoms with Crippen LogP contribution in [0.15, 0.2) is 48.5 Å². The molecule has 29 heavy (non-hydrogen) atoms. The van der Waals surface area contributed by atoms with Crippen LogP contribution in [0.2, 0.25) is 0 Å². The molecule has 2 amide bonds. The molecule has 2 aliphatic heterocycles. The van der Waals surface area contributed by atoms with Crippen molar-refractivity contribution in [2.45, 2.75) is 17.7 Å². The monoisotopic (exact) mass is 414 g/mol. The molecule has 7 heteroatoms. The van der Waals surface area contributed by atoms with Gasteiger partial charge in [-0.25, -0.2) is 4.39 Å². The first-order valence-electron chi connectivity index (χ1n) is 9.67. The maximum atomic E-state index is 13.2. The molecular formula is C22H23FN2O3S. The first-order valence-corrected chi connectivity index (χ1v) is 10.7. The normalized spacial score (nSPS) is 18.1. The Hall–Kier alpha value is -2.54. The predicted molar refractivity (Wildman–Crippen MR) is 111 cm³/mol. The number of hydrogen-bond donors (Lipinski definition) is 0. The van der Waals surface area contributed by atoms with Crippen LogP contribution in [0.25, 0.3) is 0 Å². The second-order valence-electron chi connectivity index (χ2n) is 7.28. The zero-order valence-corrected chi connectivity index (χ0v) is 17.1. The second kappa shape index (κ2) is 8.06. The zero-order valence-electron chi connectivity index (χ0n) is 16.3. The number of carbonyl (C=O) groups is 2. The van der Waals surface area contributed by atoms with Gasteiger partial charge in [0.05, 0.1) is 12.0 Å². The van der Waals surface area contributed by atoms with Crippen LogP contribution in [0.3, 0.4) is 0 Å². The Kier molecular flexibility index (Phi) is 5.50. The summed E-state index contributed by atoms with van der Waals surface area (Å²) in [5, 5.41) is 0. The highest BCUT2D eigenvalue weighted by molar-refractivity contribution is 8.00. The molecular weight excluding hydrogens is 391 g/mol. The van der Waals surface area contributed by atoms with Crippen molar-refractivity contribution in [2.24, 2.45) is 0 Å². The molecule has 0 radical (unpaired) electrons. The number of likely N-dealkylation sites (tertiary alicyclic amines) is 1. The number of nitrogens with zero attached hydrogens (tertiary/aromatic N) is 2. The van der Waals surface area contributed by atoms with E-state index in [4.69, 9.17) is 4.74 Å². The van der Waals surface area contributed by atoms with Crippen LogP contribution in [0.1, 0.15) is 33.6 Å². The van der Waals surface area contributed by atoms with Gasteiger partial charge >= 0.3 is 0 Å². The Balaban J connectivity index is 1.47. The number of benzene rings is 2. The van der Waals surface area contributed by atoms with E-state index in [1.165, 1.54) is 24.3 Å². The second-order valence-corrected chi connectivity index (χ2v) is 8.74. The van der Waals surface area contributed by atoms with Gasteiger partial charge in [0.1, 0.15) is 11.6 Å². The van der Waals surface area contributed by atoms with Gasteiger partial charge in [-0.3, -0.25) is 9.59 Å². The molecule has 5 nitrogen and oxygen atoms in total. The fourth-order valence-electron chi connectivity index (χ4n) is 4.06. The minimum absolute atomic E-state index is 0.00668.